The van der Waals surface area contributed by atoms with E-state index in [0.29, 0.717) is 29.3 Å². The second-order valence-corrected chi connectivity index (χ2v) is 7.40. The third kappa shape index (κ3) is 4.45. The summed E-state index contributed by atoms with van der Waals surface area (Å²) in [6.07, 6.45) is 1.14. The molecule has 2 saturated heterocycles. The number of hydrogen-bond donors (Lipinski definition) is 1. The van der Waals surface area contributed by atoms with E-state index in [4.69, 9.17) is 20.9 Å². The molecule has 1 aromatic carbocycles. The minimum Gasteiger partial charge on any atom is -0.379 e. The van der Waals surface area contributed by atoms with Crippen LogP contribution in [0.2, 0.25) is 5.02 Å². The molecular weight excluding hydrogens is 380 g/mol. The molecular formula is C19H25ClN6O2. The minimum atomic E-state index is 0.430. The maximum absolute atomic E-state index is 6.03. The Bertz CT molecular complexity index is 820. The number of rotatable bonds is 4. The number of aromatic nitrogens is 2. The molecule has 0 radical (unpaired) electrons. The highest BCUT2D eigenvalue weighted by atomic mass is 35.5. The van der Waals surface area contributed by atoms with E-state index in [0.717, 1.165) is 57.3 Å². The topological polar surface area (TPSA) is 79.0 Å². The van der Waals surface area contributed by atoms with Gasteiger partial charge < -0.3 is 19.5 Å². The zero-order chi connectivity index (χ0) is 19.3. The van der Waals surface area contributed by atoms with Gasteiger partial charge in [0.05, 0.1) is 19.8 Å². The largest absolute Gasteiger partial charge is 0.379 e. The van der Waals surface area contributed by atoms with Crippen molar-refractivity contribution in [3.63, 3.8) is 0 Å². The molecule has 1 aromatic heterocycles. The Morgan fingerprint density at radius 2 is 2.18 bits per heavy atom. The van der Waals surface area contributed by atoms with Crippen LogP contribution < -0.4 is 5.32 Å². The van der Waals surface area contributed by atoms with E-state index >= 15 is 0 Å². The van der Waals surface area contributed by atoms with Gasteiger partial charge in [0.25, 0.3) is 0 Å². The zero-order valence-corrected chi connectivity index (χ0v) is 16.7. The van der Waals surface area contributed by atoms with Crippen LogP contribution in [-0.4, -0.2) is 78.4 Å². The van der Waals surface area contributed by atoms with Gasteiger partial charge in [-0.1, -0.05) is 28.9 Å². The Morgan fingerprint density at radius 3 is 2.96 bits per heavy atom. The quantitative estimate of drug-likeness (QED) is 0.615. The molecule has 9 heteroatoms. The third-order valence-electron chi connectivity index (χ3n) is 5.19. The lowest BCUT2D eigenvalue weighted by Gasteiger charge is -2.32. The molecule has 0 aliphatic carbocycles. The molecule has 2 aromatic rings. The van der Waals surface area contributed by atoms with Crippen molar-refractivity contribution in [1.82, 2.24) is 25.3 Å². The normalized spacial score (nSPS) is 21.3. The third-order valence-corrected chi connectivity index (χ3v) is 5.42. The van der Waals surface area contributed by atoms with E-state index < -0.39 is 0 Å². The van der Waals surface area contributed by atoms with Gasteiger partial charge in [0.15, 0.2) is 5.96 Å². The second kappa shape index (κ2) is 8.89. The van der Waals surface area contributed by atoms with Crippen LogP contribution in [0.15, 0.2) is 33.8 Å². The Labute approximate surface area is 169 Å². The number of nitrogens with one attached hydrogen (secondary N) is 1. The highest BCUT2D eigenvalue weighted by molar-refractivity contribution is 6.30. The number of nitrogens with zero attached hydrogens (tertiary/aromatic N) is 5. The molecule has 2 fully saturated rings. The summed E-state index contributed by atoms with van der Waals surface area (Å²) >= 11 is 6.03. The maximum Gasteiger partial charge on any atom is 0.246 e. The molecule has 2 aliphatic heterocycles. The van der Waals surface area contributed by atoms with Gasteiger partial charge in [0.1, 0.15) is 0 Å². The average Bonchev–Trinajstić information content (AvgIpc) is 3.39. The minimum absolute atomic E-state index is 0.430. The molecule has 0 bridgehead atoms. The van der Waals surface area contributed by atoms with Crippen molar-refractivity contribution in [3.05, 3.63) is 35.2 Å². The number of benzene rings is 1. The van der Waals surface area contributed by atoms with Crippen molar-refractivity contribution in [2.24, 2.45) is 4.99 Å². The molecule has 0 saturated carbocycles. The number of aliphatic imine (C=N–C) groups is 1. The fourth-order valence-corrected chi connectivity index (χ4v) is 3.92. The van der Waals surface area contributed by atoms with E-state index in [1.165, 1.54) is 0 Å². The molecule has 150 valence electrons. The number of ether oxygens (including phenoxy) is 1. The summed E-state index contributed by atoms with van der Waals surface area (Å²) in [4.78, 5) is 13.7. The standard InChI is InChI=1S/C19H25ClN6O2/c1-21-19(26-6-5-16(13-26)25-7-9-27-10-8-25)22-12-17-23-18(24-28-17)14-3-2-4-15(20)11-14/h2-4,11,16H,5-10,12-13H2,1H3,(H,21,22). The molecule has 2 aliphatic rings. The highest BCUT2D eigenvalue weighted by Gasteiger charge is 2.30. The number of morpholine rings is 1. The van der Waals surface area contributed by atoms with E-state index in [9.17, 15) is 0 Å². The van der Waals surface area contributed by atoms with Crippen LogP contribution in [0.25, 0.3) is 11.4 Å². The highest BCUT2D eigenvalue weighted by Crippen LogP contribution is 2.20. The Balaban J connectivity index is 1.32. The first-order chi connectivity index (χ1) is 13.7. The van der Waals surface area contributed by atoms with Gasteiger partial charge in [-0.2, -0.15) is 4.98 Å². The predicted octanol–water partition coefficient (Wildman–Crippen LogP) is 1.87. The Kier molecular flexibility index (Phi) is 6.09. The first-order valence-electron chi connectivity index (χ1n) is 9.59. The number of likely N-dealkylation sites (tertiary alicyclic amines) is 1. The smallest absolute Gasteiger partial charge is 0.246 e. The van der Waals surface area contributed by atoms with Gasteiger partial charge in [0.2, 0.25) is 11.7 Å². The molecule has 0 spiro atoms. The number of guanidine groups is 1. The van der Waals surface area contributed by atoms with E-state index in [2.05, 4.69) is 30.2 Å². The number of hydrogen-bond acceptors (Lipinski definition) is 6. The molecule has 0 amide bonds. The van der Waals surface area contributed by atoms with Gasteiger partial charge >= 0.3 is 0 Å². The van der Waals surface area contributed by atoms with Crippen LogP contribution >= 0.6 is 11.6 Å². The van der Waals surface area contributed by atoms with E-state index in [1.54, 1.807) is 7.05 Å². The summed E-state index contributed by atoms with van der Waals surface area (Å²) in [6, 6.07) is 7.96. The van der Waals surface area contributed by atoms with Crippen molar-refractivity contribution < 1.29 is 9.26 Å². The summed E-state index contributed by atoms with van der Waals surface area (Å²) in [5.74, 6) is 1.90. The summed E-state index contributed by atoms with van der Waals surface area (Å²) in [5, 5.41) is 8.03. The van der Waals surface area contributed by atoms with E-state index in [1.807, 2.05) is 24.3 Å². The Morgan fingerprint density at radius 1 is 1.32 bits per heavy atom. The van der Waals surface area contributed by atoms with Crippen LogP contribution in [0.3, 0.4) is 0 Å². The van der Waals surface area contributed by atoms with Crippen LogP contribution in [0.4, 0.5) is 0 Å². The van der Waals surface area contributed by atoms with Crippen LogP contribution in [0.5, 0.6) is 0 Å². The average molecular weight is 405 g/mol. The molecule has 8 nitrogen and oxygen atoms in total. The Hall–Kier alpha value is -2.16. The van der Waals surface area contributed by atoms with Crippen molar-refractivity contribution in [2.45, 2.75) is 19.0 Å². The second-order valence-electron chi connectivity index (χ2n) is 6.96. The SMILES string of the molecule is CN=C(NCc1nc(-c2cccc(Cl)c2)no1)N1CCC(N2CCOCC2)C1. The molecule has 4 rings (SSSR count). The summed E-state index contributed by atoms with van der Waals surface area (Å²) in [7, 11) is 1.80. The summed E-state index contributed by atoms with van der Waals surface area (Å²) in [6.45, 7) is 6.07. The fourth-order valence-electron chi connectivity index (χ4n) is 3.73. The molecule has 1 N–H and O–H groups in total. The van der Waals surface area contributed by atoms with Gasteiger partial charge in [-0.15, -0.1) is 0 Å². The zero-order valence-electron chi connectivity index (χ0n) is 16.0. The summed E-state index contributed by atoms with van der Waals surface area (Å²) in [5.41, 5.74) is 0.833. The fraction of sp³-hybridized carbons (Fsp3) is 0.526. The maximum atomic E-state index is 6.03. The van der Waals surface area contributed by atoms with E-state index in [-0.39, 0.29) is 0 Å². The first-order valence-corrected chi connectivity index (χ1v) is 9.96. The van der Waals surface area contributed by atoms with Crippen molar-refractivity contribution in [2.75, 3.05) is 46.4 Å². The monoisotopic (exact) mass is 404 g/mol. The lowest BCUT2D eigenvalue weighted by Crippen LogP contribution is -2.46. The van der Waals surface area contributed by atoms with Gasteiger partial charge in [-0.05, 0) is 18.6 Å². The van der Waals surface area contributed by atoms with Crippen molar-refractivity contribution in [1.29, 1.82) is 0 Å². The van der Waals surface area contributed by atoms with Gasteiger partial charge in [0, 0.05) is 49.9 Å². The number of halogens is 1. The van der Waals surface area contributed by atoms with Crippen LogP contribution in [0, 0.1) is 0 Å². The summed E-state index contributed by atoms with van der Waals surface area (Å²) < 4.78 is 10.8. The van der Waals surface area contributed by atoms with Gasteiger partial charge in [-0.25, -0.2) is 0 Å². The molecule has 28 heavy (non-hydrogen) atoms. The molecule has 1 atom stereocenters. The van der Waals surface area contributed by atoms with Crippen molar-refractivity contribution >= 4 is 17.6 Å². The molecule has 3 heterocycles. The lowest BCUT2D eigenvalue weighted by molar-refractivity contribution is 0.0195. The van der Waals surface area contributed by atoms with Crippen molar-refractivity contribution in [3.8, 4) is 11.4 Å². The first kappa shape index (κ1) is 19.2. The molecule has 1 unspecified atom stereocenters. The van der Waals surface area contributed by atoms with Gasteiger partial charge in [-0.3, -0.25) is 9.89 Å². The lowest BCUT2D eigenvalue weighted by atomic mass is 10.2. The van der Waals surface area contributed by atoms with Crippen LogP contribution in [-0.2, 0) is 11.3 Å². The van der Waals surface area contributed by atoms with Crippen LogP contribution in [0.1, 0.15) is 12.3 Å². The predicted molar refractivity (Wildman–Crippen MR) is 107 cm³/mol.